The van der Waals surface area contributed by atoms with Gasteiger partial charge in [-0.05, 0) is 84.9 Å². The number of nitrogens with zero attached hydrogens (tertiary/aromatic N) is 2. The SMILES string of the molecule is C(=Nc1ccc(Oc2ccccc2)cc1)c1ccc(C=Nc2ccc(Oc3ccccc3)cc2)[nH]1. The van der Waals surface area contributed by atoms with Crippen molar-refractivity contribution in [2.75, 3.05) is 0 Å². The van der Waals surface area contributed by atoms with Crippen molar-refractivity contribution in [1.82, 2.24) is 4.98 Å². The molecule has 0 aliphatic heterocycles. The minimum absolute atomic E-state index is 0.771. The molecule has 0 saturated heterocycles. The van der Waals surface area contributed by atoms with Crippen LogP contribution in [0.3, 0.4) is 0 Å². The fourth-order valence-electron chi connectivity index (χ4n) is 3.32. The number of aromatic nitrogens is 1. The minimum Gasteiger partial charge on any atom is -0.457 e. The molecular formula is C30H23N3O2. The largest absolute Gasteiger partial charge is 0.457 e. The topological polar surface area (TPSA) is 59.0 Å². The van der Waals surface area contributed by atoms with E-state index in [9.17, 15) is 0 Å². The second kappa shape index (κ2) is 10.8. The number of ether oxygens (including phenoxy) is 2. The van der Waals surface area contributed by atoms with Crippen LogP contribution >= 0.6 is 0 Å². The first-order chi connectivity index (χ1) is 17.3. The summed E-state index contributed by atoms with van der Waals surface area (Å²) in [5, 5.41) is 0. The lowest BCUT2D eigenvalue weighted by Crippen LogP contribution is -1.85. The predicted molar refractivity (Wildman–Crippen MR) is 141 cm³/mol. The van der Waals surface area contributed by atoms with Gasteiger partial charge in [0.1, 0.15) is 23.0 Å². The van der Waals surface area contributed by atoms with Crippen molar-refractivity contribution < 1.29 is 9.47 Å². The van der Waals surface area contributed by atoms with Crippen LogP contribution in [0.5, 0.6) is 23.0 Å². The molecule has 1 heterocycles. The maximum atomic E-state index is 5.82. The number of aromatic amines is 1. The summed E-state index contributed by atoms with van der Waals surface area (Å²) in [4.78, 5) is 12.4. The van der Waals surface area contributed by atoms with Crippen molar-refractivity contribution in [3.63, 3.8) is 0 Å². The molecule has 5 heteroatoms. The van der Waals surface area contributed by atoms with Crippen molar-refractivity contribution in [1.29, 1.82) is 0 Å². The summed E-state index contributed by atoms with van der Waals surface area (Å²) in [5.74, 6) is 3.16. The molecule has 1 aromatic heterocycles. The molecule has 0 bridgehead atoms. The van der Waals surface area contributed by atoms with Crippen LogP contribution in [0.15, 0.2) is 131 Å². The maximum absolute atomic E-state index is 5.82. The van der Waals surface area contributed by atoms with E-state index in [-0.39, 0.29) is 0 Å². The molecular weight excluding hydrogens is 434 g/mol. The molecule has 0 fully saturated rings. The van der Waals surface area contributed by atoms with Gasteiger partial charge in [0, 0.05) is 0 Å². The zero-order valence-corrected chi connectivity index (χ0v) is 18.9. The third-order valence-electron chi connectivity index (χ3n) is 5.07. The van der Waals surface area contributed by atoms with Crippen LogP contribution < -0.4 is 9.47 Å². The van der Waals surface area contributed by atoms with E-state index in [2.05, 4.69) is 15.0 Å². The number of H-pyrrole nitrogens is 1. The fraction of sp³-hybridized carbons (Fsp3) is 0. The quantitative estimate of drug-likeness (QED) is 0.239. The van der Waals surface area contributed by atoms with E-state index >= 15 is 0 Å². The van der Waals surface area contributed by atoms with Gasteiger partial charge in [-0.1, -0.05) is 36.4 Å². The van der Waals surface area contributed by atoms with Crippen molar-refractivity contribution in [2.24, 2.45) is 9.98 Å². The number of hydrogen-bond donors (Lipinski definition) is 1. The number of para-hydroxylation sites is 2. The van der Waals surface area contributed by atoms with E-state index in [1.807, 2.05) is 121 Å². The number of nitrogens with one attached hydrogen (secondary N) is 1. The highest BCUT2D eigenvalue weighted by atomic mass is 16.5. The summed E-state index contributed by atoms with van der Waals surface area (Å²) in [6.07, 6.45) is 3.58. The van der Waals surface area contributed by atoms with Gasteiger partial charge in [0.05, 0.1) is 35.2 Å². The van der Waals surface area contributed by atoms with E-state index < -0.39 is 0 Å². The molecule has 0 atom stereocenters. The maximum Gasteiger partial charge on any atom is 0.127 e. The van der Waals surface area contributed by atoms with Crippen LogP contribution in [-0.4, -0.2) is 17.4 Å². The van der Waals surface area contributed by atoms with E-state index in [0.717, 1.165) is 45.8 Å². The zero-order chi connectivity index (χ0) is 23.7. The fourth-order valence-corrected chi connectivity index (χ4v) is 3.32. The van der Waals surface area contributed by atoms with Crippen LogP contribution in [0.1, 0.15) is 11.4 Å². The second-order valence-electron chi connectivity index (χ2n) is 7.70. The Hall–Kier alpha value is -4.90. The molecule has 1 N–H and O–H groups in total. The molecule has 0 spiro atoms. The summed E-state index contributed by atoms with van der Waals surface area (Å²) < 4.78 is 11.6. The highest BCUT2D eigenvalue weighted by Crippen LogP contribution is 2.25. The molecule has 0 unspecified atom stereocenters. The van der Waals surface area contributed by atoms with Gasteiger partial charge in [-0.25, -0.2) is 0 Å². The first-order valence-electron chi connectivity index (χ1n) is 11.2. The third-order valence-corrected chi connectivity index (χ3v) is 5.07. The molecule has 4 aromatic carbocycles. The molecule has 0 amide bonds. The molecule has 170 valence electrons. The number of aliphatic imine (C=N–C) groups is 2. The lowest BCUT2D eigenvalue weighted by atomic mass is 10.3. The number of rotatable bonds is 8. The molecule has 5 nitrogen and oxygen atoms in total. The number of hydrogen-bond acceptors (Lipinski definition) is 4. The van der Waals surface area contributed by atoms with E-state index in [4.69, 9.17) is 9.47 Å². The molecule has 5 rings (SSSR count). The van der Waals surface area contributed by atoms with Gasteiger partial charge in [0.2, 0.25) is 0 Å². The molecule has 0 radical (unpaired) electrons. The van der Waals surface area contributed by atoms with Crippen molar-refractivity contribution in [3.8, 4) is 23.0 Å². The van der Waals surface area contributed by atoms with Gasteiger partial charge in [0.25, 0.3) is 0 Å². The molecule has 35 heavy (non-hydrogen) atoms. The van der Waals surface area contributed by atoms with Crippen LogP contribution in [0.25, 0.3) is 0 Å². The number of benzene rings is 4. The summed E-state index contributed by atoms with van der Waals surface area (Å²) in [7, 11) is 0. The molecule has 0 aliphatic carbocycles. The highest BCUT2D eigenvalue weighted by Gasteiger charge is 1.99. The Kier molecular flexibility index (Phi) is 6.77. The van der Waals surface area contributed by atoms with Crippen LogP contribution in [-0.2, 0) is 0 Å². The van der Waals surface area contributed by atoms with Crippen molar-refractivity contribution >= 4 is 23.8 Å². The Morgan fingerprint density at radius 2 is 0.800 bits per heavy atom. The summed E-state index contributed by atoms with van der Waals surface area (Å²) in [6.45, 7) is 0. The smallest absolute Gasteiger partial charge is 0.127 e. The monoisotopic (exact) mass is 457 g/mol. The second-order valence-corrected chi connectivity index (χ2v) is 7.70. The van der Waals surface area contributed by atoms with Gasteiger partial charge in [-0.2, -0.15) is 0 Å². The summed E-state index contributed by atoms with van der Waals surface area (Å²) in [6, 6.07) is 38.6. The third kappa shape index (κ3) is 6.33. The first-order valence-corrected chi connectivity index (χ1v) is 11.2. The minimum atomic E-state index is 0.771. The van der Waals surface area contributed by atoms with Gasteiger partial charge in [-0.3, -0.25) is 9.98 Å². The van der Waals surface area contributed by atoms with Gasteiger partial charge >= 0.3 is 0 Å². The van der Waals surface area contributed by atoms with Crippen molar-refractivity contribution in [3.05, 3.63) is 133 Å². The Morgan fingerprint density at radius 1 is 0.429 bits per heavy atom. The average molecular weight is 458 g/mol. The van der Waals surface area contributed by atoms with Gasteiger partial charge < -0.3 is 14.5 Å². The standard InChI is InChI=1S/C30H23N3O2/c1-3-7-27(8-4-1)34-29-17-13-23(14-18-29)31-21-25-11-12-26(33-25)22-32-24-15-19-30(20-16-24)35-28-9-5-2-6-10-28/h1-22,33H. The van der Waals surface area contributed by atoms with E-state index in [1.165, 1.54) is 0 Å². The lowest BCUT2D eigenvalue weighted by Gasteiger charge is -2.05. The van der Waals surface area contributed by atoms with E-state index in [0.29, 0.717) is 0 Å². The van der Waals surface area contributed by atoms with Gasteiger partial charge in [-0.15, -0.1) is 0 Å². The van der Waals surface area contributed by atoms with Crippen LogP contribution in [0.4, 0.5) is 11.4 Å². The van der Waals surface area contributed by atoms with Crippen LogP contribution in [0, 0.1) is 0 Å². The Labute approximate surface area is 204 Å². The zero-order valence-electron chi connectivity index (χ0n) is 18.9. The molecule has 0 saturated carbocycles. The van der Waals surface area contributed by atoms with E-state index in [1.54, 1.807) is 12.4 Å². The normalized spacial score (nSPS) is 11.2. The summed E-state index contributed by atoms with van der Waals surface area (Å²) in [5.41, 5.74) is 3.46. The highest BCUT2D eigenvalue weighted by molar-refractivity contribution is 5.85. The lowest BCUT2D eigenvalue weighted by molar-refractivity contribution is 0.482. The summed E-state index contributed by atoms with van der Waals surface area (Å²) >= 11 is 0. The molecule has 0 aliphatic rings. The molecule has 5 aromatic rings. The van der Waals surface area contributed by atoms with Gasteiger partial charge in [0.15, 0.2) is 0 Å². The Morgan fingerprint density at radius 3 is 1.20 bits per heavy atom. The average Bonchev–Trinajstić information content (AvgIpc) is 3.37. The first kappa shape index (κ1) is 21.9. The Balaban J connectivity index is 1.16. The Bertz CT molecular complexity index is 1300. The predicted octanol–water partition coefficient (Wildman–Crippen LogP) is 8.10. The van der Waals surface area contributed by atoms with Crippen LogP contribution in [0.2, 0.25) is 0 Å². The van der Waals surface area contributed by atoms with Crippen molar-refractivity contribution in [2.45, 2.75) is 0 Å².